The molecule has 1 aromatic rings. The number of aliphatic hydroxyl groups is 1. The van der Waals surface area contributed by atoms with Gasteiger partial charge >= 0.3 is 0 Å². The third-order valence-corrected chi connectivity index (χ3v) is 2.80. The fourth-order valence-electron chi connectivity index (χ4n) is 1.88. The lowest BCUT2D eigenvalue weighted by Gasteiger charge is -2.16. The summed E-state index contributed by atoms with van der Waals surface area (Å²) >= 11 is 0. The van der Waals surface area contributed by atoms with Crippen LogP contribution < -0.4 is 10.1 Å². The highest BCUT2D eigenvalue weighted by Gasteiger charge is 2.12. The Bertz CT molecular complexity index is 445. The predicted molar refractivity (Wildman–Crippen MR) is 76.8 cm³/mol. The van der Waals surface area contributed by atoms with Crippen LogP contribution in [-0.4, -0.2) is 37.4 Å². The molecule has 0 saturated carbocycles. The van der Waals surface area contributed by atoms with Gasteiger partial charge in [0.1, 0.15) is 5.75 Å². The van der Waals surface area contributed by atoms with E-state index in [-0.39, 0.29) is 18.6 Å². The molecule has 2 unspecified atom stereocenters. The van der Waals surface area contributed by atoms with E-state index in [1.165, 1.54) is 0 Å². The number of ether oxygens (including phenoxy) is 2. The maximum Gasteiger partial charge on any atom is 0.258 e. The summed E-state index contributed by atoms with van der Waals surface area (Å²) in [4.78, 5) is 11.7. The second-order valence-electron chi connectivity index (χ2n) is 4.93. The van der Waals surface area contributed by atoms with Gasteiger partial charge in [0, 0.05) is 18.7 Å². The van der Waals surface area contributed by atoms with Crippen molar-refractivity contribution in [1.29, 1.82) is 0 Å². The number of hydrogen-bond donors (Lipinski definition) is 2. The average Bonchev–Trinajstić information content (AvgIpc) is 2.37. The van der Waals surface area contributed by atoms with Crippen LogP contribution in [-0.2, 0) is 9.53 Å². The van der Waals surface area contributed by atoms with Crippen molar-refractivity contribution in [2.75, 3.05) is 20.3 Å². The van der Waals surface area contributed by atoms with Gasteiger partial charge in [-0.25, -0.2) is 0 Å². The van der Waals surface area contributed by atoms with Gasteiger partial charge in [0.25, 0.3) is 5.91 Å². The quantitative estimate of drug-likeness (QED) is 0.796. The molecule has 2 N–H and O–H groups in total. The second kappa shape index (κ2) is 7.87. The van der Waals surface area contributed by atoms with E-state index in [1.54, 1.807) is 20.1 Å². The Morgan fingerprint density at radius 1 is 1.40 bits per heavy atom. The Morgan fingerprint density at radius 2 is 2.10 bits per heavy atom. The van der Waals surface area contributed by atoms with Crippen LogP contribution in [0.3, 0.4) is 0 Å². The van der Waals surface area contributed by atoms with Gasteiger partial charge in [-0.2, -0.15) is 0 Å². The number of nitrogens with one attached hydrogen (secondary N) is 1. The fraction of sp³-hybridized carbons (Fsp3) is 0.533. The highest BCUT2D eigenvalue weighted by Crippen LogP contribution is 2.26. The molecule has 2 atom stereocenters. The van der Waals surface area contributed by atoms with Crippen LogP contribution in [0.25, 0.3) is 0 Å². The summed E-state index contributed by atoms with van der Waals surface area (Å²) in [5, 5.41) is 12.5. The van der Waals surface area contributed by atoms with Gasteiger partial charge in [0.15, 0.2) is 6.61 Å². The number of carbonyl (C=O) groups is 1. The van der Waals surface area contributed by atoms with E-state index in [0.29, 0.717) is 17.9 Å². The van der Waals surface area contributed by atoms with Crippen LogP contribution in [0, 0.1) is 6.92 Å². The van der Waals surface area contributed by atoms with Crippen LogP contribution in [0.1, 0.15) is 31.1 Å². The Balaban J connectivity index is 2.59. The van der Waals surface area contributed by atoms with E-state index in [1.807, 2.05) is 26.0 Å². The normalized spacial score (nSPS) is 13.7. The van der Waals surface area contributed by atoms with Crippen molar-refractivity contribution in [3.05, 3.63) is 29.3 Å². The van der Waals surface area contributed by atoms with E-state index >= 15 is 0 Å². The molecule has 0 radical (unpaired) electrons. The number of hydrogen-bond acceptors (Lipinski definition) is 4. The van der Waals surface area contributed by atoms with Gasteiger partial charge in [0.2, 0.25) is 0 Å². The van der Waals surface area contributed by atoms with E-state index in [4.69, 9.17) is 9.47 Å². The first kappa shape index (κ1) is 16.5. The summed E-state index contributed by atoms with van der Waals surface area (Å²) in [7, 11) is 1.58. The molecule has 1 rings (SSSR count). The second-order valence-corrected chi connectivity index (χ2v) is 4.93. The summed E-state index contributed by atoms with van der Waals surface area (Å²) in [6, 6.07) is 5.44. The molecular weight excluding hydrogens is 258 g/mol. The smallest absolute Gasteiger partial charge is 0.258 e. The van der Waals surface area contributed by atoms with Crippen LogP contribution in [0.15, 0.2) is 18.2 Å². The number of amides is 1. The predicted octanol–water partition coefficient (Wildman–Crippen LogP) is 1.58. The molecule has 0 bridgehead atoms. The molecule has 0 aliphatic rings. The Kier molecular flexibility index (Phi) is 6.48. The first-order valence-electron chi connectivity index (χ1n) is 6.63. The minimum Gasteiger partial charge on any atom is -0.483 e. The molecule has 0 aromatic heterocycles. The van der Waals surface area contributed by atoms with Crippen molar-refractivity contribution in [1.82, 2.24) is 5.32 Å². The van der Waals surface area contributed by atoms with Crippen molar-refractivity contribution in [2.45, 2.75) is 32.9 Å². The summed E-state index contributed by atoms with van der Waals surface area (Å²) < 4.78 is 10.4. The van der Waals surface area contributed by atoms with Crippen molar-refractivity contribution < 1.29 is 19.4 Å². The van der Waals surface area contributed by atoms with E-state index in [2.05, 4.69) is 5.32 Å². The molecular formula is C15H23NO4. The number of benzene rings is 1. The molecule has 0 heterocycles. The zero-order valence-electron chi connectivity index (χ0n) is 12.5. The number of rotatable bonds is 7. The lowest BCUT2D eigenvalue weighted by atomic mass is 10.1. The topological polar surface area (TPSA) is 67.8 Å². The molecule has 112 valence electrons. The molecule has 0 spiro atoms. The average molecular weight is 281 g/mol. The monoisotopic (exact) mass is 281 g/mol. The highest BCUT2D eigenvalue weighted by atomic mass is 16.5. The molecule has 1 aromatic carbocycles. The van der Waals surface area contributed by atoms with Gasteiger partial charge in [0.05, 0.1) is 12.7 Å². The molecule has 0 saturated heterocycles. The van der Waals surface area contributed by atoms with Gasteiger partial charge in [-0.05, 0) is 32.9 Å². The molecule has 20 heavy (non-hydrogen) atoms. The minimum atomic E-state index is -0.639. The van der Waals surface area contributed by atoms with Gasteiger partial charge in [-0.15, -0.1) is 0 Å². The Hall–Kier alpha value is -1.59. The van der Waals surface area contributed by atoms with Gasteiger partial charge in [-0.1, -0.05) is 11.6 Å². The van der Waals surface area contributed by atoms with E-state index in [9.17, 15) is 9.90 Å². The van der Waals surface area contributed by atoms with Crippen molar-refractivity contribution in [3.63, 3.8) is 0 Å². The molecule has 0 fully saturated rings. The Labute approximate surface area is 119 Å². The van der Waals surface area contributed by atoms with Crippen LogP contribution in [0.2, 0.25) is 0 Å². The SMILES string of the molecule is COCC(C)NC(=O)COc1ccc(C)cc1C(C)O. The van der Waals surface area contributed by atoms with Crippen molar-refractivity contribution in [2.24, 2.45) is 0 Å². The summed E-state index contributed by atoms with van der Waals surface area (Å²) in [6.07, 6.45) is -0.639. The molecule has 1 amide bonds. The molecule has 5 nitrogen and oxygen atoms in total. The zero-order chi connectivity index (χ0) is 15.1. The number of aryl methyl sites for hydroxylation is 1. The first-order valence-corrected chi connectivity index (χ1v) is 6.63. The maximum atomic E-state index is 11.7. The standard InChI is InChI=1S/C15H23NO4/c1-10-5-6-14(13(7-10)12(3)17)20-9-15(18)16-11(2)8-19-4/h5-7,11-12,17H,8-9H2,1-4H3,(H,16,18). The highest BCUT2D eigenvalue weighted by molar-refractivity contribution is 5.77. The zero-order valence-corrected chi connectivity index (χ0v) is 12.5. The van der Waals surface area contributed by atoms with Crippen molar-refractivity contribution in [3.8, 4) is 5.75 Å². The summed E-state index contributed by atoms with van der Waals surface area (Å²) in [5.74, 6) is 0.312. The summed E-state index contributed by atoms with van der Waals surface area (Å²) in [5.41, 5.74) is 1.72. The van der Waals surface area contributed by atoms with Crippen LogP contribution >= 0.6 is 0 Å². The van der Waals surface area contributed by atoms with Crippen molar-refractivity contribution >= 4 is 5.91 Å². The third-order valence-electron chi connectivity index (χ3n) is 2.80. The maximum absolute atomic E-state index is 11.7. The number of carbonyl (C=O) groups excluding carboxylic acids is 1. The van der Waals surface area contributed by atoms with Gasteiger partial charge < -0.3 is 19.9 Å². The molecule has 0 aliphatic carbocycles. The lowest BCUT2D eigenvalue weighted by Crippen LogP contribution is -2.38. The number of aliphatic hydroxyl groups excluding tert-OH is 1. The Morgan fingerprint density at radius 3 is 2.70 bits per heavy atom. The lowest BCUT2D eigenvalue weighted by molar-refractivity contribution is -0.124. The molecule has 0 aliphatic heterocycles. The third kappa shape index (κ3) is 5.19. The molecule has 5 heteroatoms. The first-order chi connectivity index (χ1) is 9.43. The van der Waals surface area contributed by atoms with Crippen LogP contribution in [0.5, 0.6) is 5.75 Å². The summed E-state index contributed by atoms with van der Waals surface area (Å²) in [6.45, 7) is 5.83. The van der Waals surface area contributed by atoms with Gasteiger partial charge in [-0.3, -0.25) is 4.79 Å². The fourth-order valence-corrected chi connectivity index (χ4v) is 1.88. The largest absolute Gasteiger partial charge is 0.483 e. The van der Waals surface area contributed by atoms with E-state index < -0.39 is 6.10 Å². The minimum absolute atomic E-state index is 0.0645. The number of methoxy groups -OCH3 is 1. The van der Waals surface area contributed by atoms with E-state index in [0.717, 1.165) is 5.56 Å². The van der Waals surface area contributed by atoms with Crippen LogP contribution in [0.4, 0.5) is 0 Å².